The van der Waals surface area contributed by atoms with Gasteiger partial charge in [-0.1, -0.05) is 103 Å². The molecule has 0 nitrogen and oxygen atoms in total. The maximum absolute atomic E-state index is 3.94. The van der Waals surface area contributed by atoms with Gasteiger partial charge >= 0.3 is 0 Å². The van der Waals surface area contributed by atoms with E-state index in [1.807, 2.05) is 0 Å². The van der Waals surface area contributed by atoms with Crippen molar-refractivity contribution in [2.24, 2.45) is 0 Å². The van der Waals surface area contributed by atoms with Crippen molar-refractivity contribution in [3.8, 4) is 0 Å². The largest absolute Gasteiger partial charge is 0.116 e. The fourth-order valence-electron chi connectivity index (χ4n) is 5.34. The van der Waals surface area contributed by atoms with Crippen molar-refractivity contribution < 1.29 is 0 Å². The maximum atomic E-state index is 3.94. The van der Waals surface area contributed by atoms with Crippen LogP contribution >= 0.6 is 23.2 Å². The van der Waals surface area contributed by atoms with Gasteiger partial charge in [-0.25, -0.2) is 0 Å². The van der Waals surface area contributed by atoms with Gasteiger partial charge in [0.05, 0.1) is 6.16 Å². The zero-order chi connectivity index (χ0) is 23.7. The second kappa shape index (κ2) is 9.42. The zero-order valence-corrected chi connectivity index (χ0v) is 21.8. The van der Waals surface area contributed by atoms with E-state index in [-0.39, 0.29) is 0 Å². The minimum atomic E-state index is -2.01. The van der Waals surface area contributed by atoms with E-state index in [0.717, 1.165) is 6.16 Å². The quantitative estimate of drug-likeness (QED) is 0.155. The van der Waals surface area contributed by atoms with Gasteiger partial charge in [0, 0.05) is 10.0 Å². The molecule has 6 rings (SSSR count). The van der Waals surface area contributed by atoms with E-state index < -0.39 is 7.26 Å². The van der Waals surface area contributed by atoms with Gasteiger partial charge in [0.15, 0.2) is 0 Å². The first-order valence-corrected chi connectivity index (χ1v) is 14.7. The first-order chi connectivity index (χ1) is 17.3. The van der Waals surface area contributed by atoms with Crippen molar-refractivity contribution >= 4 is 60.7 Å². The second-order valence-electron chi connectivity index (χ2n) is 8.86. The average molecular weight is 532 g/mol. The predicted molar refractivity (Wildman–Crippen MR) is 158 cm³/mol. The van der Waals surface area contributed by atoms with Crippen molar-refractivity contribution in [1.82, 2.24) is 0 Å². The molecule has 0 amide bonds. The monoisotopic (exact) mass is 531 g/mol. The molecule has 0 radical (unpaired) electrons. The summed E-state index contributed by atoms with van der Waals surface area (Å²) >= 11 is 3.94. The third kappa shape index (κ3) is 3.80. The molecule has 0 N–H and O–H groups in total. The van der Waals surface area contributed by atoms with Crippen molar-refractivity contribution in [3.63, 3.8) is 0 Å². The van der Waals surface area contributed by atoms with E-state index in [0.29, 0.717) is 0 Å². The van der Waals surface area contributed by atoms with Gasteiger partial charge in [0.2, 0.25) is 0 Å². The van der Waals surface area contributed by atoms with Gasteiger partial charge < -0.3 is 0 Å². The lowest BCUT2D eigenvalue weighted by Crippen LogP contribution is -2.32. The van der Waals surface area contributed by atoms with Gasteiger partial charge in [-0.3, -0.25) is 0 Å². The smallest absolute Gasteiger partial charge is 0.0620 e. The Bertz CT molecular complexity index is 1460. The van der Waals surface area contributed by atoms with Crippen LogP contribution in [0.5, 0.6) is 0 Å². The van der Waals surface area contributed by atoms with Gasteiger partial charge in [0.1, 0.15) is 23.2 Å². The molecule has 0 aliphatic heterocycles. The highest BCUT2D eigenvalue weighted by atomic mass is 79.9. The molecule has 168 valence electrons. The van der Waals surface area contributed by atoms with E-state index in [4.69, 9.17) is 0 Å². The van der Waals surface area contributed by atoms with Crippen LogP contribution in [-0.4, -0.2) is 0 Å². The van der Waals surface area contributed by atoms with Crippen LogP contribution in [0.4, 0.5) is 0 Å². The first kappa shape index (κ1) is 22.2. The van der Waals surface area contributed by atoms with Crippen molar-refractivity contribution in [2.75, 3.05) is 0 Å². The fraction of sp³-hybridized carbons (Fsp3) is 0.0303. The van der Waals surface area contributed by atoms with Crippen molar-refractivity contribution in [1.29, 1.82) is 0 Å². The summed E-state index contributed by atoms with van der Waals surface area (Å²) < 4.78 is 1.18. The molecular weight excluding hydrogens is 507 g/mol. The SMILES string of the molecule is Brc1c2ccccc2c(C[P+](c2ccccc2)(c2ccccc2)c2ccccc2)c2ccccc12. The molecule has 0 fully saturated rings. The minimum absolute atomic E-state index is 0.958. The first-order valence-electron chi connectivity index (χ1n) is 11.9. The molecule has 6 aromatic rings. The highest BCUT2D eigenvalue weighted by molar-refractivity contribution is 9.10. The Morgan fingerprint density at radius 2 is 0.714 bits per heavy atom. The number of rotatable bonds is 5. The third-order valence-corrected chi connectivity index (χ3v) is 12.1. The molecule has 0 aromatic heterocycles. The van der Waals surface area contributed by atoms with E-state index >= 15 is 0 Å². The maximum Gasteiger partial charge on any atom is 0.116 e. The number of benzene rings is 6. The van der Waals surface area contributed by atoms with Crippen LogP contribution in [0.1, 0.15) is 5.56 Å². The lowest BCUT2D eigenvalue weighted by Gasteiger charge is -2.29. The van der Waals surface area contributed by atoms with Gasteiger partial charge in [-0.05, 0) is 73.9 Å². The van der Waals surface area contributed by atoms with E-state index in [1.165, 1.54) is 47.5 Å². The van der Waals surface area contributed by atoms with E-state index in [9.17, 15) is 0 Å². The Balaban J connectivity index is 1.75. The molecule has 0 aliphatic rings. The van der Waals surface area contributed by atoms with Crippen LogP contribution in [0.25, 0.3) is 21.5 Å². The summed E-state index contributed by atoms with van der Waals surface area (Å²) in [6.45, 7) is 0. The zero-order valence-electron chi connectivity index (χ0n) is 19.3. The van der Waals surface area contributed by atoms with E-state index in [2.05, 4.69) is 155 Å². The topological polar surface area (TPSA) is 0 Å². The number of halogens is 1. The van der Waals surface area contributed by atoms with Crippen LogP contribution in [0.2, 0.25) is 0 Å². The molecule has 0 aliphatic carbocycles. The molecule has 0 spiro atoms. The molecule has 0 saturated carbocycles. The molecule has 0 heterocycles. The number of fused-ring (bicyclic) bond motifs is 2. The Hall–Kier alpha value is -3.25. The Morgan fingerprint density at radius 1 is 0.400 bits per heavy atom. The molecular formula is C33H25BrP+. The molecule has 6 aromatic carbocycles. The molecule has 0 unspecified atom stereocenters. The highest BCUT2D eigenvalue weighted by Gasteiger charge is 2.46. The molecule has 0 saturated heterocycles. The lowest BCUT2D eigenvalue weighted by molar-refractivity contribution is 1.47. The lowest BCUT2D eigenvalue weighted by atomic mass is 9.98. The Morgan fingerprint density at radius 3 is 1.09 bits per heavy atom. The number of hydrogen-bond donors (Lipinski definition) is 0. The molecule has 0 bridgehead atoms. The van der Waals surface area contributed by atoms with Gasteiger partial charge in [0.25, 0.3) is 0 Å². The van der Waals surface area contributed by atoms with Crippen LogP contribution < -0.4 is 15.9 Å². The van der Waals surface area contributed by atoms with Crippen molar-refractivity contribution in [2.45, 2.75) is 6.16 Å². The predicted octanol–water partition coefficient (Wildman–Crippen LogP) is 8.25. The normalized spacial score (nSPS) is 11.7. The summed E-state index contributed by atoms with van der Waals surface area (Å²) in [7, 11) is -2.01. The molecule has 35 heavy (non-hydrogen) atoms. The Kier molecular flexibility index (Phi) is 5.98. The summed E-state index contributed by atoms with van der Waals surface area (Å²) in [6.07, 6.45) is 0.958. The molecule has 0 atom stereocenters. The van der Waals surface area contributed by atoms with Crippen molar-refractivity contribution in [3.05, 3.63) is 150 Å². The standard InChI is InChI=1S/C33H25BrP/c34-33-30-22-12-10-20-28(30)32(29-21-11-13-23-31(29)33)24-35(25-14-4-1-5-15-25,26-16-6-2-7-17-26)27-18-8-3-9-19-27/h1-23H,24H2/q+1. The van der Waals surface area contributed by atoms with E-state index in [1.54, 1.807) is 0 Å². The van der Waals surface area contributed by atoms with Crippen LogP contribution in [0, 0.1) is 0 Å². The highest BCUT2D eigenvalue weighted by Crippen LogP contribution is 2.59. The van der Waals surface area contributed by atoms with Crippen LogP contribution in [-0.2, 0) is 6.16 Å². The minimum Gasteiger partial charge on any atom is -0.0620 e. The average Bonchev–Trinajstić information content (AvgIpc) is 2.95. The number of hydrogen-bond acceptors (Lipinski definition) is 0. The fourth-order valence-corrected chi connectivity index (χ4v) is 10.3. The second-order valence-corrected chi connectivity index (χ2v) is 13.1. The summed E-state index contributed by atoms with van der Waals surface area (Å²) in [4.78, 5) is 0. The summed E-state index contributed by atoms with van der Waals surface area (Å²) in [6, 6.07) is 51.2. The Labute approximate surface area is 215 Å². The van der Waals surface area contributed by atoms with Crippen LogP contribution in [0.3, 0.4) is 0 Å². The van der Waals surface area contributed by atoms with Gasteiger partial charge in [-0.15, -0.1) is 0 Å². The summed E-state index contributed by atoms with van der Waals surface area (Å²) in [5.74, 6) is 0. The summed E-state index contributed by atoms with van der Waals surface area (Å²) in [5.41, 5.74) is 1.42. The van der Waals surface area contributed by atoms with Gasteiger partial charge in [-0.2, -0.15) is 0 Å². The van der Waals surface area contributed by atoms with Crippen LogP contribution in [0.15, 0.2) is 144 Å². The third-order valence-electron chi connectivity index (χ3n) is 6.96. The summed E-state index contributed by atoms with van der Waals surface area (Å²) in [5, 5.41) is 9.42. The molecule has 2 heteroatoms.